The summed E-state index contributed by atoms with van der Waals surface area (Å²) < 4.78 is 0. The molecule has 3 heteroatoms. The normalized spacial score (nSPS) is 10.3. The zero-order valence-electron chi connectivity index (χ0n) is 9.35. The van der Waals surface area contributed by atoms with Crippen molar-refractivity contribution in [1.29, 1.82) is 0 Å². The highest BCUT2D eigenvalue weighted by Gasteiger charge is 2.05. The van der Waals surface area contributed by atoms with E-state index in [1.807, 2.05) is 18.2 Å². The number of rotatable bonds is 4. The molecule has 0 aliphatic carbocycles. The standard InChI is InChI=1S/C13H15N3/c1-2-14-10-11-6-3-4-7-12(11)13-15-8-5-9-16-13/h3-9,14H,2,10H2,1H3. The van der Waals surface area contributed by atoms with E-state index < -0.39 is 0 Å². The Morgan fingerprint density at radius 2 is 1.81 bits per heavy atom. The predicted molar refractivity (Wildman–Crippen MR) is 64.8 cm³/mol. The third kappa shape index (κ3) is 2.44. The van der Waals surface area contributed by atoms with Crippen LogP contribution in [0.25, 0.3) is 11.4 Å². The van der Waals surface area contributed by atoms with E-state index in [0.717, 1.165) is 24.5 Å². The van der Waals surface area contributed by atoms with Gasteiger partial charge in [0, 0.05) is 24.5 Å². The van der Waals surface area contributed by atoms with Gasteiger partial charge in [0.1, 0.15) is 0 Å². The van der Waals surface area contributed by atoms with Gasteiger partial charge in [-0.3, -0.25) is 0 Å². The Bertz CT molecular complexity index is 440. The molecule has 3 nitrogen and oxygen atoms in total. The average Bonchev–Trinajstić information content (AvgIpc) is 2.38. The first-order chi connectivity index (χ1) is 7.92. The van der Waals surface area contributed by atoms with Crippen molar-refractivity contribution in [3.63, 3.8) is 0 Å². The Morgan fingerprint density at radius 3 is 2.56 bits per heavy atom. The molecule has 1 N–H and O–H groups in total. The fraction of sp³-hybridized carbons (Fsp3) is 0.231. The zero-order chi connectivity index (χ0) is 11.2. The van der Waals surface area contributed by atoms with Crippen LogP contribution in [0.3, 0.4) is 0 Å². The van der Waals surface area contributed by atoms with Crippen LogP contribution >= 0.6 is 0 Å². The van der Waals surface area contributed by atoms with Crippen LogP contribution < -0.4 is 5.32 Å². The molecule has 0 bridgehead atoms. The number of hydrogen-bond donors (Lipinski definition) is 1. The van der Waals surface area contributed by atoms with Gasteiger partial charge in [-0.2, -0.15) is 0 Å². The summed E-state index contributed by atoms with van der Waals surface area (Å²) in [7, 11) is 0. The molecule has 82 valence electrons. The van der Waals surface area contributed by atoms with Gasteiger partial charge in [-0.25, -0.2) is 9.97 Å². The minimum absolute atomic E-state index is 0.788. The van der Waals surface area contributed by atoms with Gasteiger partial charge in [-0.1, -0.05) is 31.2 Å². The highest BCUT2D eigenvalue weighted by molar-refractivity contribution is 5.59. The third-order valence-electron chi connectivity index (χ3n) is 2.39. The lowest BCUT2D eigenvalue weighted by molar-refractivity contribution is 0.727. The smallest absolute Gasteiger partial charge is 0.159 e. The molecule has 0 saturated heterocycles. The van der Waals surface area contributed by atoms with Crippen molar-refractivity contribution < 1.29 is 0 Å². The molecule has 0 atom stereocenters. The van der Waals surface area contributed by atoms with E-state index >= 15 is 0 Å². The predicted octanol–water partition coefficient (Wildman–Crippen LogP) is 2.25. The van der Waals surface area contributed by atoms with Crippen molar-refractivity contribution in [1.82, 2.24) is 15.3 Å². The van der Waals surface area contributed by atoms with Crippen LogP contribution in [-0.2, 0) is 6.54 Å². The van der Waals surface area contributed by atoms with Crippen LogP contribution in [0.15, 0.2) is 42.7 Å². The number of benzene rings is 1. The van der Waals surface area contributed by atoms with Crippen LogP contribution in [0.2, 0.25) is 0 Å². The number of aromatic nitrogens is 2. The van der Waals surface area contributed by atoms with Crippen molar-refractivity contribution in [2.24, 2.45) is 0 Å². The molecule has 0 saturated carbocycles. The lowest BCUT2D eigenvalue weighted by Crippen LogP contribution is -2.12. The third-order valence-corrected chi connectivity index (χ3v) is 2.39. The fourth-order valence-corrected chi connectivity index (χ4v) is 1.59. The van der Waals surface area contributed by atoms with Gasteiger partial charge in [0.2, 0.25) is 0 Å². The maximum atomic E-state index is 4.28. The molecule has 2 rings (SSSR count). The lowest BCUT2D eigenvalue weighted by atomic mass is 10.1. The maximum Gasteiger partial charge on any atom is 0.159 e. The Balaban J connectivity index is 2.33. The summed E-state index contributed by atoms with van der Waals surface area (Å²) in [5, 5.41) is 3.32. The van der Waals surface area contributed by atoms with E-state index in [9.17, 15) is 0 Å². The summed E-state index contributed by atoms with van der Waals surface area (Å²) in [5.41, 5.74) is 2.33. The summed E-state index contributed by atoms with van der Waals surface area (Å²) in [5.74, 6) is 0.788. The Morgan fingerprint density at radius 1 is 1.06 bits per heavy atom. The van der Waals surface area contributed by atoms with Crippen molar-refractivity contribution in [2.45, 2.75) is 13.5 Å². The summed E-state index contributed by atoms with van der Waals surface area (Å²) in [6.07, 6.45) is 3.54. The molecule has 0 spiro atoms. The molecule has 1 heterocycles. The molecule has 0 aliphatic rings. The first-order valence-electron chi connectivity index (χ1n) is 5.48. The van der Waals surface area contributed by atoms with E-state index in [-0.39, 0.29) is 0 Å². The second kappa shape index (κ2) is 5.37. The van der Waals surface area contributed by atoms with Gasteiger partial charge in [0.25, 0.3) is 0 Å². The highest BCUT2D eigenvalue weighted by atomic mass is 14.9. The number of nitrogens with zero attached hydrogens (tertiary/aromatic N) is 2. The molecule has 0 radical (unpaired) electrons. The molecule has 2 aromatic rings. The first-order valence-corrected chi connectivity index (χ1v) is 5.48. The summed E-state index contributed by atoms with van der Waals surface area (Å²) in [6, 6.07) is 10.0. The highest BCUT2D eigenvalue weighted by Crippen LogP contribution is 2.18. The van der Waals surface area contributed by atoms with Crippen LogP contribution in [0.4, 0.5) is 0 Å². The minimum Gasteiger partial charge on any atom is -0.313 e. The average molecular weight is 213 g/mol. The van der Waals surface area contributed by atoms with Gasteiger partial charge >= 0.3 is 0 Å². The van der Waals surface area contributed by atoms with Crippen LogP contribution in [0.5, 0.6) is 0 Å². The van der Waals surface area contributed by atoms with Crippen LogP contribution in [0.1, 0.15) is 12.5 Å². The molecule has 1 aromatic carbocycles. The van der Waals surface area contributed by atoms with Crippen molar-refractivity contribution in [3.8, 4) is 11.4 Å². The van der Waals surface area contributed by atoms with E-state index in [1.165, 1.54) is 5.56 Å². The van der Waals surface area contributed by atoms with Gasteiger partial charge in [0.15, 0.2) is 5.82 Å². The van der Waals surface area contributed by atoms with Gasteiger partial charge in [-0.15, -0.1) is 0 Å². The van der Waals surface area contributed by atoms with E-state index in [2.05, 4.69) is 34.3 Å². The monoisotopic (exact) mass is 213 g/mol. The lowest BCUT2D eigenvalue weighted by Gasteiger charge is -2.08. The Hall–Kier alpha value is -1.74. The number of hydrogen-bond acceptors (Lipinski definition) is 3. The largest absolute Gasteiger partial charge is 0.313 e. The molecular formula is C13H15N3. The molecule has 0 fully saturated rings. The van der Waals surface area contributed by atoms with Gasteiger partial charge < -0.3 is 5.32 Å². The second-order valence-corrected chi connectivity index (χ2v) is 3.51. The maximum absolute atomic E-state index is 4.28. The van der Waals surface area contributed by atoms with E-state index in [0.29, 0.717) is 0 Å². The van der Waals surface area contributed by atoms with Crippen LogP contribution in [-0.4, -0.2) is 16.5 Å². The molecular weight excluding hydrogens is 198 g/mol. The topological polar surface area (TPSA) is 37.8 Å². The Kier molecular flexibility index (Phi) is 3.62. The Labute approximate surface area is 95.6 Å². The minimum atomic E-state index is 0.788. The summed E-state index contributed by atoms with van der Waals surface area (Å²) in [6.45, 7) is 3.91. The molecule has 0 aliphatic heterocycles. The van der Waals surface area contributed by atoms with Crippen molar-refractivity contribution >= 4 is 0 Å². The molecule has 16 heavy (non-hydrogen) atoms. The second-order valence-electron chi connectivity index (χ2n) is 3.51. The van der Waals surface area contributed by atoms with E-state index in [1.54, 1.807) is 12.4 Å². The summed E-state index contributed by atoms with van der Waals surface area (Å²) >= 11 is 0. The molecule has 0 unspecified atom stereocenters. The SMILES string of the molecule is CCNCc1ccccc1-c1ncccn1. The molecule has 1 aromatic heterocycles. The number of nitrogens with one attached hydrogen (secondary N) is 1. The van der Waals surface area contributed by atoms with Gasteiger partial charge in [0.05, 0.1) is 0 Å². The quantitative estimate of drug-likeness (QED) is 0.846. The van der Waals surface area contributed by atoms with Crippen LogP contribution in [0, 0.1) is 0 Å². The van der Waals surface area contributed by atoms with Crippen molar-refractivity contribution in [3.05, 3.63) is 48.3 Å². The molecule has 0 amide bonds. The van der Waals surface area contributed by atoms with E-state index in [4.69, 9.17) is 0 Å². The zero-order valence-corrected chi connectivity index (χ0v) is 9.35. The van der Waals surface area contributed by atoms with Gasteiger partial charge in [-0.05, 0) is 18.2 Å². The summed E-state index contributed by atoms with van der Waals surface area (Å²) in [4.78, 5) is 8.56. The van der Waals surface area contributed by atoms with Crippen molar-refractivity contribution in [2.75, 3.05) is 6.54 Å². The fourth-order valence-electron chi connectivity index (χ4n) is 1.59. The first kappa shape index (κ1) is 10.8.